The fraction of sp³-hybridized carbons (Fsp3) is 0.682. The third-order valence-corrected chi connectivity index (χ3v) is 5.35. The van der Waals surface area contributed by atoms with E-state index in [-0.39, 0.29) is 24.7 Å². The van der Waals surface area contributed by atoms with Gasteiger partial charge in [0.15, 0.2) is 0 Å². The van der Waals surface area contributed by atoms with Gasteiger partial charge < -0.3 is 19.7 Å². The average molecular weight is 377 g/mol. The van der Waals surface area contributed by atoms with Crippen molar-refractivity contribution < 1.29 is 14.3 Å². The van der Waals surface area contributed by atoms with Gasteiger partial charge in [0, 0.05) is 12.6 Å². The summed E-state index contributed by atoms with van der Waals surface area (Å²) in [6.07, 6.45) is 2.00. The molecule has 1 aromatic rings. The molecule has 1 unspecified atom stereocenters. The van der Waals surface area contributed by atoms with Crippen molar-refractivity contribution in [1.29, 1.82) is 0 Å². The average Bonchev–Trinajstić information content (AvgIpc) is 2.66. The number of nitrogens with zero attached hydrogens (tertiary/aromatic N) is 1. The minimum Gasteiger partial charge on any atom is -0.445 e. The van der Waals surface area contributed by atoms with Gasteiger partial charge in [0.2, 0.25) is 0 Å². The molecule has 2 rings (SSSR count). The predicted molar refractivity (Wildman–Crippen MR) is 109 cm³/mol. The molecule has 0 radical (unpaired) electrons. The molecule has 1 N–H and O–H groups in total. The number of carbonyl (C=O) groups is 1. The molecule has 1 amide bonds. The summed E-state index contributed by atoms with van der Waals surface area (Å²) < 4.78 is 11.3. The Kier molecular flexibility index (Phi) is 9.08. The highest BCUT2D eigenvalue weighted by Crippen LogP contribution is 2.19. The molecule has 0 spiro atoms. The molecule has 0 aromatic heterocycles. The number of carbonyl (C=O) groups excluding carboxylic acids is 1. The first-order valence-corrected chi connectivity index (χ1v) is 10.2. The van der Waals surface area contributed by atoms with Gasteiger partial charge in [-0.2, -0.15) is 0 Å². The van der Waals surface area contributed by atoms with Crippen molar-refractivity contribution in [3.8, 4) is 0 Å². The van der Waals surface area contributed by atoms with E-state index in [9.17, 15) is 4.79 Å². The normalized spacial score (nSPS) is 17.3. The van der Waals surface area contributed by atoms with Gasteiger partial charge in [-0.3, -0.25) is 0 Å². The van der Waals surface area contributed by atoms with Crippen molar-refractivity contribution >= 4 is 6.09 Å². The van der Waals surface area contributed by atoms with Crippen LogP contribution in [0.2, 0.25) is 0 Å². The largest absolute Gasteiger partial charge is 0.445 e. The molecule has 27 heavy (non-hydrogen) atoms. The summed E-state index contributed by atoms with van der Waals surface area (Å²) in [6.45, 7) is 12.6. The monoisotopic (exact) mass is 376 g/mol. The van der Waals surface area contributed by atoms with Gasteiger partial charge in [0.05, 0.1) is 12.6 Å². The number of hydrogen-bond donors (Lipinski definition) is 1. The third kappa shape index (κ3) is 7.89. The van der Waals surface area contributed by atoms with Crippen molar-refractivity contribution in [2.75, 3.05) is 26.3 Å². The number of nitrogens with one attached hydrogen (secondary N) is 1. The predicted octanol–water partition coefficient (Wildman–Crippen LogP) is 4.07. The Hall–Kier alpha value is -1.59. The molecule has 1 aromatic carbocycles. The lowest BCUT2D eigenvalue weighted by Gasteiger charge is -2.34. The number of hydrogen-bond acceptors (Lipinski definition) is 4. The van der Waals surface area contributed by atoms with Crippen LogP contribution in [0.1, 0.15) is 46.1 Å². The van der Waals surface area contributed by atoms with E-state index in [1.54, 1.807) is 0 Å². The molecule has 1 heterocycles. The minimum absolute atomic E-state index is 0.0379. The van der Waals surface area contributed by atoms with Crippen LogP contribution in [0.25, 0.3) is 0 Å². The Morgan fingerprint density at radius 1 is 1.15 bits per heavy atom. The number of alkyl carbamates (subject to hydrolysis) is 1. The van der Waals surface area contributed by atoms with Crippen LogP contribution in [0.5, 0.6) is 0 Å². The van der Waals surface area contributed by atoms with Gasteiger partial charge in [0.25, 0.3) is 0 Å². The summed E-state index contributed by atoms with van der Waals surface area (Å²) in [4.78, 5) is 14.6. The zero-order chi connectivity index (χ0) is 19.6. The lowest BCUT2D eigenvalue weighted by molar-refractivity contribution is 0.0410. The van der Waals surface area contributed by atoms with E-state index < -0.39 is 0 Å². The first-order valence-electron chi connectivity index (χ1n) is 10.2. The van der Waals surface area contributed by atoms with Crippen LogP contribution in [0.4, 0.5) is 4.79 Å². The maximum absolute atomic E-state index is 12.1. The number of amides is 1. The van der Waals surface area contributed by atoms with Crippen LogP contribution in [-0.2, 0) is 16.1 Å². The lowest BCUT2D eigenvalue weighted by Crippen LogP contribution is -2.43. The van der Waals surface area contributed by atoms with Gasteiger partial charge in [0.1, 0.15) is 6.61 Å². The molecule has 152 valence electrons. The van der Waals surface area contributed by atoms with E-state index in [2.05, 4.69) is 37.9 Å². The SMILES string of the molecule is CC(C)C(COCC1CCN(C(C)C)CC1)NC(=O)OCc1ccccc1. The van der Waals surface area contributed by atoms with Gasteiger partial charge in [-0.25, -0.2) is 4.79 Å². The topological polar surface area (TPSA) is 50.8 Å². The maximum atomic E-state index is 12.1. The van der Waals surface area contributed by atoms with E-state index >= 15 is 0 Å². The first-order chi connectivity index (χ1) is 13.0. The smallest absolute Gasteiger partial charge is 0.407 e. The Labute approximate surface area is 164 Å². The third-order valence-electron chi connectivity index (χ3n) is 5.35. The zero-order valence-corrected chi connectivity index (χ0v) is 17.3. The van der Waals surface area contributed by atoms with E-state index in [0.29, 0.717) is 18.6 Å². The molecule has 5 heteroatoms. The Morgan fingerprint density at radius 2 is 1.81 bits per heavy atom. The molecular formula is C22H36N2O3. The molecule has 1 fully saturated rings. The molecule has 5 nitrogen and oxygen atoms in total. The Bertz CT molecular complexity index is 540. The summed E-state index contributed by atoms with van der Waals surface area (Å²) >= 11 is 0. The zero-order valence-electron chi connectivity index (χ0n) is 17.3. The number of benzene rings is 1. The van der Waals surface area contributed by atoms with Crippen molar-refractivity contribution in [1.82, 2.24) is 10.2 Å². The maximum Gasteiger partial charge on any atom is 0.407 e. The second-order valence-electron chi connectivity index (χ2n) is 8.17. The van der Waals surface area contributed by atoms with E-state index in [1.807, 2.05) is 30.3 Å². The Balaban J connectivity index is 1.67. The summed E-state index contributed by atoms with van der Waals surface area (Å²) in [7, 11) is 0. The lowest BCUT2D eigenvalue weighted by atomic mass is 9.97. The van der Waals surface area contributed by atoms with Crippen LogP contribution in [0.15, 0.2) is 30.3 Å². The standard InChI is InChI=1S/C22H36N2O3/c1-17(2)21(23-22(25)27-15-19-8-6-5-7-9-19)16-26-14-20-10-12-24(13-11-20)18(3)4/h5-9,17-18,20-21H,10-16H2,1-4H3,(H,23,25). The molecule has 1 aliphatic rings. The van der Waals surface area contributed by atoms with Crippen LogP contribution in [0, 0.1) is 11.8 Å². The fourth-order valence-corrected chi connectivity index (χ4v) is 3.31. The summed E-state index contributed by atoms with van der Waals surface area (Å²) in [6, 6.07) is 10.3. The van der Waals surface area contributed by atoms with Crippen LogP contribution in [0.3, 0.4) is 0 Å². The van der Waals surface area contributed by atoms with Crippen molar-refractivity contribution in [3.63, 3.8) is 0 Å². The van der Waals surface area contributed by atoms with Crippen LogP contribution >= 0.6 is 0 Å². The van der Waals surface area contributed by atoms with Crippen LogP contribution in [-0.4, -0.2) is 49.4 Å². The van der Waals surface area contributed by atoms with Gasteiger partial charge in [-0.1, -0.05) is 44.2 Å². The molecule has 0 saturated carbocycles. The van der Waals surface area contributed by atoms with Gasteiger partial charge >= 0.3 is 6.09 Å². The summed E-state index contributed by atoms with van der Waals surface area (Å²) in [5, 5.41) is 2.95. The van der Waals surface area contributed by atoms with Crippen molar-refractivity contribution in [3.05, 3.63) is 35.9 Å². The summed E-state index contributed by atoms with van der Waals surface area (Å²) in [5.74, 6) is 0.912. The second-order valence-corrected chi connectivity index (χ2v) is 8.17. The van der Waals surface area contributed by atoms with Gasteiger partial charge in [-0.05, 0) is 57.2 Å². The number of piperidine rings is 1. The van der Waals surface area contributed by atoms with Gasteiger partial charge in [-0.15, -0.1) is 0 Å². The summed E-state index contributed by atoms with van der Waals surface area (Å²) in [5.41, 5.74) is 0.984. The quantitative estimate of drug-likeness (QED) is 0.706. The second kappa shape index (κ2) is 11.3. The van der Waals surface area contributed by atoms with E-state index in [4.69, 9.17) is 9.47 Å². The minimum atomic E-state index is -0.383. The van der Waals surface area contributed by atoms with Crippen molar-refractivity contribution in [2.24, 2.45) is 11.8 Å². The van der Waals surface area contributed by atoms with Crippen molar-refractivity contribution in [2.45, 2.75) is 59.2 Å². The first kappa shape index (κ1) is 21.7. The molecule has 1 aliphatic heterocycles. The molecular weight excluding hydrogens is 340 g/mol. The highest BCUT2D eigenvalue weighted by molar-refractivity contribution is 5.67. The molecule has 0 aliphatic carbocycles. The fourth-order valence-electron chi connectivity index (χ4n) is 3.31. The van der Waals surface area contributed by atoms with Crippen LogP contribution < -0.4 is 5.32 Å². The highest BCUT2D eigenvalue weighted by atomic mass is 16.5. The molecule has 0 bridgehead atoms. The number of likely N-dealkylation sites (tertiary alicyclic amines) is 1. The molecule has 1 atom stereocenters. The highest BCUT2D eigenvalue weighted by Gasteiger charge is 2.22. The number of rotatable bonds is 9. The Morgan fingerprint density at radius 3 is 2.41 bits per heavy atom. The van der Waals surface area contributed by atoms with E-state index in [1.165, 1.54) is 12.8 Å². The number of ether oxygens (including phenoxy) is 2. The van der Waals surface area contributed by atoms with E-state index in [0.717, 1.165) is 25.3 Å². The molecule has 1 saturated heterocycles.